The first-order valence-electron chi connectivity index (χ1n) is 5.45. The highest BCUT2D eigenvalue weighted by atomic mass is 16.7. The Morgan fingerprint density at radius 3 is 1.21 bits per heavy atom. The second-order valence-corrected chi connectivity index (χ2v) is 4.08. The lowest BCUT2D eigenvalue weighted by molar-refractivity contribution is -0.106. The molecule has 0 aromatic rings. The molecule has 0 bridgehead atoms. The summed E-state index contributed by atoms with van der Waals surface area (Å²) in [5, 5.41) is 0. The number of rotatable bonds is 2. The average molecular weight is 196 g/mol. The molecule has 0 unspecified atom stereocenters. The van der Waals surface area contributed by atoms with E-state index in [1.165, 1.54) is 0 Å². The second kappa shape index (κ2) is 3.23. The van der Waals surface area contributed by atoms with Gasteiger partial charge in [-0.3, -0.25) is 0 Å². The SMILES string of the molecule is CCB1OC2C(O1)C1OB(CC)OC21. The maximum Gasteiger partial charge on any atom is 0.457 e. The first-order chi connectivity index (χ1) is 6.83. The van der Waals surface area contributed by atoms with Crippen LogP contribution in [0.5, 0.6) is 0 Å². The molecule has 1 aliphatic carbocycles. The summed E-state index contributed by atoms with van der Waals surface area (Å²) in [5.74, 6) is 0. The van der Waals surface area contributed by atoms with E-state index in [2.05, 4.69) is 13.8 Å². The fourth-order valence-electron chi connectivity index (χ4n) is 2.37. The van der Waals surface area contributed by atoms with Crippen molar-refractivity contribution in [3.63, 3.8) is 0 Å². The van der Waals surface area contributed by atoms with Crippen LogP contribution in [0.25, 0.3) is 0 Å². The molecule has 0 spiro atoms. The van der Waals surface area contributed by atoms with Gasteiger partial charge < -0.3 is 18.6 Å². The Balaban J connectivity index is 1.66. The highest BCUT2D eigenvalue weighted by molar-refractivity contribution is 6.46. The van der Waals surface area contributed by atoms with Gasteiger partial charge in [0.25, 0.3) is 0 Å². The zero-order chi connectivity index (χ0) is 9.71. The van der Waals surface area contributed by atoms with Crippen molar-refractivity contribution in [2.75, 3.05) is 0 Å². The van der Waals surface area contributed by atoms with Crippen molar-refractivity contribution in [3.8, 4) is 0 Å². The summed E-state index contributed by atoms with van der Waals surface area (Å²) in [5.41, 5.74) is 0. The molecule has 2 saturated heterocycles. The van der Waals surface area contributed by atoms with E-state index in [-0.39, 0.29) is 38.7 Å². The molecule has 76 valence electrons. The molecule has 0 amide bonds. The monoisotopic (exact) mass is 196 g/mol. The lowest BCUT2D eigenvalue weighted by Crippen LogP contribution is -2.60. The Morgan fingerprint density at radius 1 is 0.714 bits per heavy atom. The molecule has 0 aromatic carbocycles. The van der Waals surface area contributed by atoms with E-state index in [0.717, 1.165) is 12.6 Å². The van der Waals surface area contributed by atoms with Gasteiger partial charge in [-0.2, -0.15) is 0 Å². The first-order valence-corrected chi connectivity index (χ1v) is 5.45. The lowest BCUT2D eigenvalue weighted by atomic mass is 9.85. The van der Waals surface area contributed by atoms with Crippen LogP contribution >= 0.6 is 0 Å². The predicted octanol–water partition coefficient (Wildman–Crippen LogP) is 0.584. The van der Waals surface area contributed by atoms with Gasteiger partial charge in [0.2, 0.25) is 0 Å². The molecule has 2 heterocycles. The molecule has 14 heavy (non-hydrogen) atoms. The maximum atomic E-state index is 5.69. The molecular formula is C8H14B2O4. The van der Waals surface area contributed by atoms with Gasteiger partial charge >= 0.3 is 14.2 Å². The molecule has 3 aliphatic rings. The van der Waals surface area contributed by atoms with Gasteiger partial charge in [0.1, 0.15) is 0 Å². The van der Waals surface area contributed by atoms with Crippen molar-refractivity contribution in [1.82, 2.24) is 0 Å². The number of hydrogen-bond donors (Lipinski definition) is 0. The van der Waals surface area contributed by atoms with E-state index in [1.54, 1.807) is 0 Å². The van der Waals surface area contributed by atoms with Crippen LogP contribution in [0.4, 0.5) is 0 Å². The van der Waals surface area contributed by atoms with Gasteiger partial charge in [-0.25, -0.2) is 0 Å². The zero-order valence-electron chi connectivity index (χ0n) is 8.51. The zero-order valence-corrected chi connectivity index (χ0v) is 8.51. The number of hydrogen-bond acceptors (Lipinski definition) is 4. The third-order valence-electron chi connectivity index (χ3n) is 3.20. The van der Waals surface area contributed by atoms with Crippen LogP contribution in [0.3, 0.4) is 0 Å². The van der Waals surface area contributed by atoms with Crippen molar-refractivity contribution in [1.29, 1.82) is 0 Å². The molecule has 0 radical (unpaired) electrons. The molecule has 0 atom stereocenters. The maximum absolute atomic E-state index is 5.69. The molecule has 0 aromatic heterocycles. The van der Waals surface area contributed by atoms with Crippen LogP contribution in [-0.4, -0.2) is 38.7 Å². The summed E-state index contributed by atoms with van der Waals surface area (Å²) >= 11 is 0. The minimum absolute atomic E-state index is 0.0529. The van der Waals surface area contributed by atoms with E-state index in [9.17, 15) is 0 Å². The summed E-state index contributed by atoms with van der Waals surface area (Å²) in [6.07, 6.45) is 2.24. The van der Waals surface area contributed by atoms with E-state index >= 15 is 0 Å². The van der Waals surface area contributed by atoms with Gasteiger partial charge in [0.05, 0.1) is 24.4 Å². The summed E-state index contributed by atoms with van der Waals surface area (Å²) in [6.45, 7) is 4.11. The molecule has 3 fully saturated rings. The van der Waals surface area contributed by atoms with Crippen LogP contribution in [0.1, 0.15) is 13.8 Å². The standard InChI is InChI=1S/C8H14B2O4/c1-3-9-11-5-6(12-9)8-7(5)13-10(4-2)14-8/h5-8H,3-4H2,1-2H3. The van der Waals surface area contributed by atoms with Crippen LogP contribution in [0.2, 0.25) is 12.6 Å². The highest BCUT2D eigenvalue weighted by Gasteiger charge is 2.64. The Hall–Kier alpha value is -0.0301. The predicted molar refractivity (Wildman–Crippen MR) is 52.0 cm³/mol. The number of fused-ring (bicyclic) bond motifs is 4. The Kier molecular flexibility index (Phi) is 2.13. The fraction of sp³-hybridized carbons (Fsp3) is 1.00. The average Bonchev–Trinajstić information content (AvgIpc) is 2.73. The van der Waals surface area contributed by atoms with Crippen molar-refractivity contribution in [2.24, 2.45) is 0 Å². The Morgan fingerprint density at radius 2 is 1.00 bits per heavy atom. The molecule has 3 rings (SSSR count). The van der Waals surface area contributed by atoms with Crippen molar-refractivity contribution >= 4 is 14.2 Å². The van der Waals surface area contributed by atoms with E-state index in [0.29, 0.717) is 0 Å². The van der Waals surface area contributed by atoms with Crippen LogP contribution in [0, 0.1) is 0 Å². The van der Waals surface area contributed by atoms with E-state index in [4.69, 9.17) is 18.6 Å². The molecule has 0 N–H and O–H groups in total. The van der Waals surface area contributed by atoms with Crippen molar-refractivity contribution in [3.05, 3.63) is 0 Å². The van der Waals surface area contributed by atoms with E-state index in [1.807, 2.05) is 0 Å². The minimum atomic E-state index is -0.0529. The quantitative estimate of drug-likeness (QED) is 0.605. The van der Waals surface area contributed by atoms with Gasteiger partial charge in [-0.1, -0.05) is 13.8 Å². The highest BCUT2D eigenvalue weighted by Crippen LogP contribution is 2.43. The summed E-state index contributed by atoms with van der Waals surface area (Å²) in [7, 11) is -0.106. The van der Waals surface area contributed by atoms with Crippen LogP contribution in [0.15, 0.2) is 0 Å². The third-order valence-corrected chi connectivity index (χ3v) is 3.20. The summed E-state index contributed by atoms with van der Waals surface area (Å²) < 4.78 is 22.8. The van der Waals surface area contributed by atoms with Crippen molar-refractivity contribution < 1.29 is 18.6 Å². The van der Waals surface area contributed by atoms with Gasteiger partial charge in [0, 0.05) is 0 Å². The molecule has 2 aliphatic heterocycles. The Bertz CT molecular complexity index is 187. The van der Waals surface area contributed by atoms with Gasteiger partial charge in [-0.05, 0) is 12.6 Å². The van der Waals surface area contributed by atoms with Gasteiger partial charge in [0.15, 0.2) is 0 Å². The molecule has 1 saturated carbocycles. The molecule has 4 nitrogen and oxygen atoms in total. The smallest absolute Gasteiger partial charge is 0.403 e. The topological polar surface area (TPSA) is 36.9 Å². The molecule has 6 heteroatoms. The van der Waals surface area contributed by atoms with Crippen LogP contribution in [-0.2, 0) is 18.6 Å². The first kappa shape index (κ1) is 9.21. The molecular weight excluding hydrogens is 182 g/mol. The fourth-order valence-corrected chi connectivity index (χ4v) is 2.37. The van der Waals surface area contributed by atoms with E-state index < -0.39 is 0 Å². The van der Waals surface area contributed by atoms with Crippen molar-refractivity contribution in [2.45, 2.75) is 50.9 Å². The minimum Gasteiger partial charge on any atom is -0.403 e. The second-order valence-electron chi connectivity index (χ2n) is 4.08. The van der Waals surface area contributed by atoms with Gasteiger partial charge in [-0.15, -0.1) is 0 Å². The van der Waals surface area contributed by atoms with Crippen LogP contribution < -0.4 is 0 Å². The lowest BCUT2D eigenvalue weighted by Gasteiger charge is -2.40. The normalized spacial score (nSPS) is 45.0. The summed E-state index contributed by atoms with van der Waals surface area (Å²) in [6, 6.07) is 0. The third kappa shape index (κ3) is 1.11. The Labute approximate surface area is 84.5 Å². The summed E-state index contributed by atoms with van der Waals surface area (Å²) in [4.78, 5) is 0. The largest absolute Gasteiger partial charge is 0.457 e.